The van der Waals surface area contributed by atoms with Crippen LogP contribution in [0.5, 0.6) is 0 Å². The summed E-state index contributed by atoms with van der Waals surface area (Å²) in [4.78, 5) is 25.3. The molecule has 122 valence electrons. The van der Waals surface area contributed by atoms with Crippen molar-refractivity contribution in [1.82, 2.24) is 15.0 Å². The Morgan fingerprint density at radius 1 is 1.00 bits per heavy atom. The number of nitrogens with one attached hydrogen (secondary N) is 1. The van der Waals surface area contributed by atoms with Gasteiger partial charge in [-0.15, -0.1) is 11.3 Å². The van der Waals surface area contributed by atoms with Gasteiger partial charge in [-0.2, -0.15) is 0 Å². The molecule has 0 atom stereocenters. The predicted molar refractivity (Wildman–Crippen MR) is 98.9 cm³/mol. The second kappa shape index (κ2) is 6.78. The van der Waals surface area contributed by atoms with Gasteiger partial charge >= 0.3 is 0 Å². The molecule has 0 saturated carbocycles. The Labute approximate surface area is 148 Å². The van der Waals surface area contributed by atoms with E-state index in [1.54, 1.807) is 23.8 Å². The first-order valence-electron chi connectivity index (χ1n) is 7.78. The highest BCUT2D eigenvalue weighted by molar-refractivity contribution is 7.09. The van der Waals surface area contributed by atoms with Crippen molar-refractivity contribution in [3.8, 4) is 0 Å². The summed E-state index contributed by atoms with van der Waals surface area (Å²) >= 11 is 1.49. The summed E-state index contributed by atoms with van der Waals surface area (Å²) in [5.41, 5.74) is 3.81. The number of thiazole rings is 1. The van der Waals surface area contributed by atoms with Crippen molar-refractivity contribution in [2.75, 3.05) is 5.32 Å². The number of aromatic nitrogens is 3. The van der Waals surface area contributed by atoms with Crippen LogP contribution in [0.25, 0.3) is 11.0 Å². The Morgan fingerprint density at radius 3 is 2.64 bits per heavy atom. The van der Waals surface area contributed by atoms with E-state index in [0.717, 1.165) is 22.5 Å². The fraction of sp³-hybridized carbons (Fsp3) is 0.0526. The van der Waals surface area contributed by atoms with Crippen LogP contribution in [0.15, 0.2) is 66.3 Å². The van der Waals surface area contributed by atoms with Gasteiger partial charge in [-0.05, 0) is 23.8 Å². The number of amides is 1. The highest BCUT2D eigenvalue weighted by Crippen LogP contribution is 2.18. The Hall–Kier alpha value is -3.12. The van der Waals surface area contributed by atoms with Crippen LogP contribution in [0.4, 0.5) is 5.69 Å². The fourth-order valence-electron chi connectivity index (χ4n) is 2.50. The zero-order valence-electron chi connectivity index (χ0n) is 13.2. The van der Waals surface area contributed by atoms with Crippen LogP contribution in [0.3, 0.4) is 0 Å². The topological polar surface area (TPSA) is 67.8 Å². The number of rotatable bonds is 4. The average molecular weight is 346 g/mol. The molecule has 0 spiro atoms. The molecule has 0 bridgehead atoms. The first-order chi connectivity index (χ1) is 12.3. The maximum Gasteiger partial charge on any atom is 0.275 e. The highest BCUT2D eigenvalue weighted by atomic mass is 32.1. The molecule has 1 N–H and O–H groups in total. The van der Waals surface area contributed by atoms with Crippen LogP contribution in [0.2, 0.25) is 0 Å². The molecule has 25 heavy (non-hydrogen) atoms. The summed E-state index contributed by atoms with van der Waals surface area (Å²) in [6.07, 6.45) is 4.00. The quantitative estimate of drug-likeness (QED) is 0.608. The van der Waals surface area contributed by atoms with E-state index in [9.17, 15) is 4.79 Å². The minimum Gasteiger partial charge on any atom is -0.321 e. The molecule has 0 fully saturated rings. The lowest BCUT2D eigenvalue weighted by atomic mass is 10.2. The molecule has 2 heterocycles. The largest absolute Gasteiger partial charge is 0.321 e. The molecular formula is C19H14N4OS. The van der Waals surface area contributed by atoms with E-state index in [1.165, 1.54) is 16.9 Å². The van der Waals surface area contributed by atoms with Gasteiger partial charge in [0.2, 0.25) is 0 Å². The maximum atomic E-state index is 12.4. The van der Waals surface area contributed by atoms with Crippen molar-refractivity contribution in [1.29, 1.82) is 0 Å². The molecule has 2 aromatic carbocycles. The first kappa shape index (κ1) is 15.4. The molecule has 0 aliphatic heterocycles. The number of carbonyl (C=O) groups excluding carboxylic acids is 1. The third kappa shape index (κ3) is 3.54. The number of nitrogens with zero attached hydrogens (tertiary/aromatic N) is 3. The summed E-state index contributed by atoms with van der Waals surface area (Å²) in [5.74, 6) is -0.223. The number of carbonyl (C=O) groups is 1. The van der Waals surface area contributed by atoms with Gasteiger partial charge < -0.3 is 5.32 Å². The van der Waals surface area contributed by atoms with Crippen molar-refractivity contribution < 1.29 is 4.79 Å². The zero-order chi connectivity index (χ0) is 17.1. The molecule has 0 radical (unpaired) electrons. The average Bonchev–Trinajstić information content (AvgIpc) is 3.11. The minimum atomic E-state index is -0.223. The van der Waals surface area contributed by atoms with Gasteiger partial charge in [-0.3, -0.25) is 14.8 Å². The number of hydrogen-bond donors (Lipinski definition) is 1. The third-order valence-corrected chi connectivity index (χ3v) is 4.56. The lowest BCUT2D eigenvalue weighted by Crippen LogP contribution is -2.12. The van der Waals surface area contributed by atoms with Gasteiger partial charge in [0, 0.05) is 29.9 Å². The lowest BCUT2D eigenvalue weighted by molar-refractivity contribution is 0.102. The van der Waals surface area contributed by atoms with Crippen LogP contribution in [0, 0.1) is 0 Å². The van der Waals surface area contributed by atoms with E-state index in [2.05, 4.69) is 32.4 Å². The van der Waals surface area contributed by atoms with Crippen molar-refractivity contribution in [2.45, 2.75) is 6.42 Å². The van der Waals surface area contributed by atoms with Crippen molar-refractivity contribution in [2.24, 2.45) is 0 Å². The molecule has 4 aromatic rings. The number of benzene rings is 2. The Morgan fingerprint density at radius 2 is 1.80 bits per heavy atom. The van der Waals surface area contributed by atoms with E-state index in [4.69, 9.17) is 0 Å². The number of fused-ring (bicyclic) bond motifs is 1. The second-order valence-corrected chi connectivity index (χ2v) is 6.45. The SMILES string of the molecule is O=C(Nc1ccc2nccnc2c1)c1csc(Cc2ccccc2)n1. The monoisotopic (exact) mass is 346 g/mol. The molecule has 6 heteroatoms. The molecule has 0 unspecified atom stereocenters. The van der Waals surface area contributed by atoms with Gasteiger partial charge in [0.05, 0.1) is 16.0 Å². The van der Waals surface area contributed by atoms with Gasteiger partial charge in [-0.1, -0.05) is 30.3 Å². The normalized spacial score (nSPS) is 10.7. The molecule has 5 nitrogen and oxygen atoms in total. The summed E-state index contributed by atoms with van der Waals surface area (Å²) < 4.78 is 0. The minimum absolute atomic E-state index is 0.223. The van der Waals surface area contributed by atoms with E-state index in [1.807, 2.05) is 30.3 Å². The molecule has 1 amide bonds. The smallest absolute Gasteiger partial charge is 0.275 e. The molecule has 4 rings (SSSR count). The first-order valence-corrected chi connectivity index (χ1v) is 8.66. The third-order valence-electron chi connectivity index (χ3n) is 3.71. The molecule has 2 aromatic heterocycles. The zero-order valence-corrected chi connectivity index (χ0v) is 14.0. The van der Waals surface area contributed by atoms with Crippen LogP contribution in [-0.2, 0) is 6.42 Å². The molecule has 0 aliphatic carbocycles. The Kier molecular flexibility index (Phi) is 4.18. The van der Waals surface area contributed by atoms with E-state index < -0.39 is 0 Å². The Balaban J connectivity index is 1.49. The summed E-state index contributed by atoms with van der Waals surface area (Å²) in [5, 5.41) is 5.57. The summed E-state index contributed by atoms with van der Waals surface area (Å²) in [7, 11) is 0. The summed E-state index contributed by atoms with van der Waals surface area (Å²) in [6, 6.07) is 15.5. The predicted octanol–water partition coefficient (Wildman–Crippen LogP) is 3.93. The van der Waals surface area contributed by atoms with Gasteiger partial charge in [0.1, 0.15) is 5.69 Å². The molecule has 0 aliphatic rings. The highest BCUT2D eigenvalue weighted by Gasteiger charge is 2.12. The van der Waals surface area contributed by atoms with Crippen LogP contribution in [-0.4, -0.2) is 20.9 Å². The molecule has 0 saturated heterocycles. The molecular weight excluding hydrogens is 332 g/mol. The van der Waals surface area contributed by atoms with E-state index in [0.29, 0.717) is 11.4 Å². The van der Waals surface area contributed by atoms with Crippen molar-refractivity contribution >= 4 is 34.0 Å². The fourth-order valence-corrected chi connectivity index (χ4v) is 3.31. The number of hydrogen-bond acceptors (Lipinski definition) is 5. The van der Waals surface area contributed by atoms with E-state index >= 15 is 0 Å². The van der Waals surface area contributed by atoms with Crippen molar-refractivity contribution in [3.05, 3.63) is 82.6 Å². The number of anilines is 1. The lowest BCUT2D eigenvalue weighted by Gasteiger charge is -2.04. The van der Waals surface area contributed by atoms with Gasteiger partial charge in [0.25, 0.3) is 5.91 Å². The van der Waals surface area contributed by atoms with Gasteiger partial charge in [0.15, 0.2) is 0 Å². The van der Waals surface area contributed by atoms with Crippen LogP contribution in [0.1, 0.15) is 21.1 Å². The van der Waals surface area contributed by atoms with E-state index in [-0.39, 0.29) is 5.91 Å². The van der Waals surface area contributed by atoms with Crippen LogP contribution < -0.4 is 5.32 Å². The standard InChI is InChI=1S/C19H14N4OS/c24-19(22-14-6-7-15-16(11-14)21-9-8-20-15)17-12-25-18(23-17)10-13-4-2-1-3-5-13/h1-9,11-12H,10H2,(H,22,24). The van der Waals surface area contributed by atoms with Crippen molar-refractivity contribution in [3.63, 3.8) is 0 Å². The maximum absolute atomic E-state index is 12.4. The Bertz CT molecular complexity index is 1030. The summed E-state index contributed by atoms with van der Waals surface area (Å²) in [6.45, 7) is 0. The second-order valence-electron chi connectivity index (χ2n) is 5.50. The van der Waals surface area contributed by atoms with Gasteiger partial charge in [-0.25, -0.2) is 4.98 Å². The van der Waals surface area contributed by atoms with Crippen LogP contribution >= 0.6 is 11.3 Å².